The summed E-state index contributed by atoms with van der Waals surface area (Å²) in [7, 11) is 1.60. The van der Waals surface area contributed by atoms with Gasteiger partial charge in [-0.15, -0.1) is 0 Å². The van der Waals surface area contributed by atoms with Crippen molar-refractivity contribution >= 4 is 63.5 Å². The third kappa shape index (κ3) is 5.07. The van der Waals surface area contributed by atoms with Crippen LogP contribution in [0.2, 0.25) is 10.0 Å². The van der Waals surface area contributed by atoms with Gasteiger partial charge in [0.05, 0.1) is 17.0 Å². The van der Waals surface area contributed by atoms with Crippen molar-refractivity contribution < 1.29 is 14.3 Å². The summed E-state index contributed by atoms with van der Waals surface area (Å²) in [5.74, 6) is 1.14. The molecule has 1 saturated heterocycles. The highest BCUT2D eigenvalue weighted by Crippen LogP contribution is 2.35. The second kappa shape index (κ2) is 9.39. The fraction of sp³-hybridized carbons (Fsp3) is 0.238. The standard InChI is InChI=1S/C21H19Cl2NO3S2/c1-12(2)24-20(25)19(29-21(24)28)9-13-4-6-17(26-3)14(8-13)11-27-18-7-5-15(22)10-16(18)23/h4-10,12H,11H2,1-3H3/b19-9+. The normalized spacial score (nSPS) is 15.5. The van der Waals surface area contributed by atoms with Gasteiger partial charge in [0.1, 0.15) is 22.4 Å². The number of carbonyl (C=O) groups excluding carboxylic acids is 1. The summed E-state index contributed by atoms with van der Waals surface area (Å²) in [6, 6.07) is 10.7. The van der Waals surface area contributed by atoms with E-state index in [1.54, 1.807) is 30.2 Å². The van der Waals surface area contributed by atoms with Crippen LogP contribution >= 0.6 is 47.2 Å². The number of methoxy groups -OCH3 is 1. The quantitative estimate of drug-likeness (QED) is 0.373. The first-order chi connectivity index (χ1) is 13.8. The number of thioether (sulfide) groups is 1. The molecule has 1 amide bonds. The van der Waals surface area contributed by atoms with E-state index in [0.717, 1.165) is 11.1 Å². The van der Waals surface area contributed by atoms with Crippen molar-refractivity contribution in [2.45, 2.75) is 26.5 Å². The first-order valence-electron chi connectivity index (χ1n) is 8.82. The summed E-state index contributed by atoms with van der Waals surface area (Å²) in [5.41, 5.74) is 1.68. The molecule has 1 fully saturated rings. The molecule has 0 aliphatic carbocycles. The van der Waals surface area contributed by atoms with Gasteiger partial charge in [-0.1, -0.05) is 53.2 Å². The van der Waals surface area contributed by atoms with Crippen LogP contribution in [-0.4, -0.2) is 28.3 Å². The zero-order chi connectivity index (χ0) is 21.1. The van der Waals surface area contributed by atoms with Gasteiger partial charge in [0.25, 0.3) is 5.91 Å². The average Bonchev–Trinajstić information content (AvgIpc) is 2.94. The Balaban J connectivity index is 1.84. The molecular weight excluding hydrogens is 449 g/mol. The Morgan fingerprint density at radius 2 is 1.90 bits per heavy atom. The summed E-state index contributed by atoms with van der Waals surface area (Å²) in [6.07, 6.45) is 1.83. The number of hydrogen-bond acceptors (Lipinski definition) is 5. The van der Waals surface area contributed by atoms with Crippen molar-refractivity contribution in [3.8, 4) is 11.5 Å². The Bertz CT molecular complexity index is 992. The molecule has 1 heterocycles. The summed E-state index contributed by atoms with van der Waals surface area (Å²) >= 11 is 18.7. The highest BCUT2D eigenvalue weighted by molar-refractivity contribution is 8.26. The van der Waals surface area contributed by atoms with Gasteiger partial charge in [0.15, 0.2) is 0 Å². The predicted molar refractivity (Wildman–Crippen MR) is 124 cm³/mol. The molecular formula is C21H19Cl2NO3S2. The Morgan fingerprint density at radius 3 is 2.52 bits per heavy atom. The summed E-state index contributed by atoms with van der Waals surface area (Å²) < 4.78 is 11.9. The zero-order valence-electron chi connectivity index (χ0n) is 16.1. The number of rotatable bonds is 6. The Morgan fingerprint density at radius 1 is 1.17 bits per heavy atom. The number of nitrogens with zero attached hydrogens (tertiary/aromatic N) is 1. The van der Waals surface area contributed by atoms with Crippen LogP contribution in [0.3, 0.4) is 0 Å². The monoisotopic (exact) mass is 467 g/mol. The summed E-state index contributed by atoms with van der Waals surface area (Å²) in [5, 5.41) is 0.977. The van der Waals surface area contributed by atoms with E-state index in [1.165, 1.54) is 11.8 Å². The molecule has 0 spiro atoms. The average molecular weight is 468 g/mol. The molecule has 0 unspecified atom stereocenters. The van der Waals surface area contributed by atoms with Gasteiger partial charge in [0.2, 0.25) is 0 Å². The number of carbonyl (C=O) groups is 1. The minimum absolute atomic E-state index is 0.0253. The minimum Gasteiger partial charge on any atom is -0.496 e. The van der Waals surface area contributed by atoms with Crippen LogP contribution in [0.4, 0.5) is 0 Å². The molecule has 152 valence electrons. The topological polar surface area (TPSA) is 38.8 Å². The molecule has 2 aromatic carbocycles. The van der Waals surface area contributed by atoms with Gasteiger partial charge >= 0.3 is 0 Å². The van der Waals surface area contributed by atoms with E-state index >= 15 is 0 Å². The van der Waals surface area contributed by atoms with Crippen LogP contribution < -0.4 is 9.47 Å². The van der Waals surface area contributed by atoms with Gasteiger partial charge in [-0.3, -0.25) is 9.69 Å². The third-order valence-electron chi connectivity index (χ3n) is 4.22. The van der Waals surface area contributed by atoms with Gasteiger partial charge in [0, 0.05) is 16.6 Å². The minimum atomic E-state index is -0.0726. The second-order valence-corrected chi connectivity index (χ2v) is 9.10. The van der Waals surface area contributed by atoms with Gasteiger partial charge < -0.3 is 9.47 Å². The molecule has 0 radical (unpaired) electrons. The molecule has 0 aromatic heterocycles. The molecule has 3 rings (SSSR count). The van der Waals surface area contributed by atoms with E-state index in [1.807, 2.05) is 38.1 Å². The van der Waals surface area contributed by atoms with E-state index in [4.69, 9.17) is 44.9 Å². The molecule has 8 heteroatoms. The lowest BCUT2D eigenvalue weighted by atomic mass is 10.1. The number of hydrogen-bond donors (Lipinski definition) is 0. The van der Waals surface area contributed by atoms with E-state index in [9.17, 15) is 4.79 Å². The molecule has 0 saturated carbocycles. The lowest BCUT2D eigenvalue weighted by Gasteiger charge is -2.18. The molecule has 0 N–H and O–H groups in total. The van der Waals surface area contributed by atoms with E-state index < -0.39 is 0 Å². The maximum atomic E-state index is 12.6. The number of ether oxygens (including phenoxy) is 2. The Labute approximate surface area is 189 Å². The molecule has 29 heavy (non-hydrogen) atoms. The van der Waals surface area contributed by atoms with Crippen molar-refractivity contribution in [2.24, 2.45) is 0 Å². The summed E-state index contributed by atoms with van der Waals surface area (Å²) in [4.78, 5) is 14.8. The highest BCUT2D eigenvalue weighted by Gasteiger charge is 2.33. The van der Waals surface area contributed by atoms with Crippen LogP contribution in [0, 0.1) is 0 Å². The van der Waals surface area contributed by atoms with E-state index in [0.29, 0.717) is 30.8 Å². The maximum absolute atomic E-state index is 12.6. The number of halogens is 2. The van der Waals surface area contributed by atoms with Crippen LogP contribution in [0.5, 0.6) is 11.5 Å². The van der Waals surface area contributed by atoms with Crippen molar-refractivity contribution in [3.63, 3.8) is 0 Å². The molecule has 1 aliphatic heterocycles. The number of benzene rings is 2. The summed E-state index contributed by atoms with van der Waals surface area (Å²) in [6.45, 7) is 4.13. The smallest absolute Gasteiger partial charge is 0.266 e. The lowest BCUT2D eigenvalue weighted by Crippen LogP contribution is -2.34. The van der Waals surface area contributed by atoms with Crippen LogP contribution in [0.1, 0.15) is 25.0 Å². The van der Waals surface area contributed by atoms with Gasteiger partial charge in [-0.05, 0) is 55.8 Å². The molecule has 0 bridgehead atoms. The van der Waals surface area contributed by atoms with Gasteiger partial charge in [-0.25, -0.2) is 0 Å². The van der Waals surface area contributed by atoms with Crippen LogP contribution in [0.15, 0.2) is 41.3 Å². The second-order valence-electron chi connectivity index (χ2n) is 6.58. The molecule has 1 aliphatic rings. The van der Waals surface area contributed by atoms with Crippen molar-refractivity contribution in [1.82, 2.24) is 4.90 Å². The Kier molecular flexibility index (Phi) is 7.11. The highest BCUT2D eigenvalue weighted by atomic mass is 35.5. The molecule has 4 nitrogen and oxygen atoms in total. The lowest BCUT2D eigenvalue weighted by molar-refractivity contribution is -0.123. The maximum Gasteiger partial charge on any atom is 0.266 e. The first kappa shape index (κ1) is 22.0. The van der Waals surface area contributed by atoms with Crippen LogP contribution in [0.25, 0.3) is 6.08 Å². The van der Waals surface area contributed by atoms with Crippen LogP contribution in [-0.2, 0) is 11.4 Å². The predicted octanol–water partition coefficient (Wildman–Crippen LogP) is 6.19. The zero-order valence-corrected chi connectivity index (χ0v) is 19.2. The van der Waals surface area contributed by atoms with Crippen molar-refractivity contribution in [1.29, 1.82) is 0 Å². The third-order valence-corrected chi connectivity index (χ3v) is 6.08. The van der Waals surface area contributed by atoms with Crippen molar-refractivity contribution in [3.05, 3.63) is 62.5 Å². The molecule has 2 aromatic rings. The SMILES string of the molecule is COc1ccc(/C=C2/SC(=S)N(C(C)C)C2=O)cc1COc1ccc(Cl)cc1Cl. The fourth-order valence-electron chi connectivity index (χ4n) is 2.83. The first-order valence-corrected chi connectivity index (χ1v) is 10.8. The van der Waals surface area contributed by atoms with Gasteiger partial charge in [-0.2, -0.15) is 0 Å². The Hall–Kier alpha value is -1.73. The fourth-order valence-corrected chi connectivity index (χ4v) is 4.81. The van der Waals surface area contributed by atoms with E-state index in [2.05, 4.69) is 0 Å². The molecule has 0 atom stereocenters. The van der Waals surface area contributed by atoms with Crippen molar-refractivity contribution in [2.75, 3.05) is 7.11 Å². The number of amides is 1. The number of thiocarbonyl (C=S) groups is 1. The van der Waals surface area contributed by atoms with E-state index in [-0.39, 0.29) is 18.6 Å². The largest absolute Gasteiger partial charge is 0.496 e.